The lowest BCUT2D eigenvalue weighted by atomic mass is 10.2. The molecule has 0 aromatic carbocycles. The lowest BCUT2D eigenvalue weighted by Crippen LogP contribution is -2.35. The van der Waals surface area contributed by atoms with Gasteiger partial charge in [0.05, 0.1) is 17.5 Å². The number of rotatable bonds is 3. The predicted molar refractivity (Wildman–Crippen MR) is 57.3 cm³/mol. The molecule has 2 atom stereocenters. The summed E-state index contributed by atoms with van der Waals surface area (Å²) in [5, 5.41) is 12.9. The molecule has 1 fully saturated rings. The molecule has 1 saturated carbocycles. The van der Waals surface area contributed by atoms with Gasteiger partial charge in [-0.15, -0.1) is 0 Å². The van der Waals surface area contributed by atoms with E-state index in [2.05, 4.69) is 15.3 Å². The summed E-state index contributed by atoms with van der Waals surface area (Å²) in [5.41, 5.74) is 1.86. The van der Waals surface area contributed by atoms with Gasteiger partial charge in [-0.2, -0.15) is 0 Å². The van der Waals surface area contributed by atoms with Crippen LogP contribution in [-0.4, -0.2) is 27.2 Å². The third-order valence-corrected chi connectivity index (χ3v) is 2.86. The van der Waals surface area contributed by atoms with E-state index in [1.165, 1.54) is 0 Å². The fourth-order valence-electron chi connectivity index (χ4n) is 1.92. The number of nitrogens with one attached hydrogen (secondary N) is 1. The van der Waals surface area contributed by atoms with Crippen molar-refractivity contribution in [3.05, 3.63) is 23.8 Å². The lowest BCUT2D eigenvalue weighted by molar-refractivity contribution is 0.148. The van der Waals surface area contributed by atoms with Gasteiger partial charge in [0.1, 0.15) is 0 Å². The van der Waals surface area contributed by atoms with Gasteiger partial charge in [-0.05, 0) is 26.2 Å². The third-order valence-electron chi connectivity index (χ3n) is 2.86. The maximum absolute atomic E-state index is 9.61. The van der Waals surface area contributed by atoms with Crippen molar-refractivity contribution in [3.8, 4) is 0 Å². The van der Waals surface area contributed by atoms with Crippen LogP contribution in [0.25, 0.3) is 0 Å². The summed E-state index contributed by atoms with van der Waals surface area (Å²) >= 11 is 0. The normalized spacial score (nSPS) is 25.7. The minimum atomic E-state index is -0.191. The highest BCUT2D eigenvalue weighted by atomic mass is 16.3. The molecule has 0 aliphatic heterocycles. The van der Waals surface area contributed by atoms with Crippen molar-refractivity contribution in [1.82, 2.24) is 15.3 Å². The Morgan fingerprint density at radius 3 is 2.87 bits per heavy atom. The number of aliphatic hydroxyl groups is 1. The molecule has 2 rings (SSSR count). The van der Waals surface area contributed by atoms with Crippen LogP contribution in [0.4, 0.5) is 0 Å². The number of hydrogen-bond acceptors (Lipinski definition) is 4. The summed E-state index contributed by atoms with van der Waals surface area (Å²) < 4.78 is 0. The van der Waals surface area contributed by atoms with E-state index in [0.717, 1.165) is 30.7 Å². The van der Waals surface area contributed by atoms with Crippen LogP contribution in [0.5, 0.6) is 0 Å². The van der Waals surface area contributed by atoms with E-state index in [4.69, 9.17) is 0 Å². The van der Waals surface area contributed by atoms with Crippen molar-refractivity contribution in [1.29, 1.82) is 0 Å². The van der Waals surface area contributed by atoms with Gasteiger partial charge in [-0.3, -0.25) is 9.97 Å². The minimum Gasteiger partial charge on any atom is -0.392 e. The van der Waals surface area contributed by atoms with Crippen molar-refractivity contribution in [2.45, 2.75) is 44.9 Å². The first kappa shape index (κ1) is 10.5. The quantitative estimate of drug-likeness (QED) is 0.769. The average molecular weight is 207 g/mol. The topological polar surface area (TPSA) is 58.0 Å². The predicted octanol–water partition coefficient (Wildman–Crippen LogP) is 0.788. The Balaban J connectivity index is 1.85. The molecule has 0 radical (unpaired) electrons. The van der Waals surface area contributed by atoms with Crippen molar-refractivity contribution in [3.63, 3.8) is 0 Å². The Kier molecular flexibility index (Phi) is 3.28. The monoisotopic (exact) mass is 207 g/mol. The van der Waals surface area contributed by atoms with Crippen molar-refractivity contribution < 1.29 is 5.11 Å². The maximum atomic E-state index is 9.61. The van der Waals surface area contributed by atoms with Gasteiger partial charge < -0.3 is 10.4 Å². The van der Waals surface area contributed by atoms with Crippen LogP contribution in [0, 0.1) is 6.92 Å². The fourth-order valence-corrected chi connectivity index (χ4v) is 1.92. The molecule has 1 aromatic heterocycles. The van der Waals surface area contributed by atoms with Gasteiger partial charge in [0.2, 0.25) is 0 Å². The van der Waals surface area contributed by atoms with Gasteiger partial charge in [0.25, 0.3) is 0 Å². The Hall–Kier alpha value is -1.00. The molecule has 1 heterocycles. The van der Waals surface area contributed by atoms with Crippen molar-refractivity contribution in [2.75, 3.05) is 0 Å². The van der Waals surface area contributed by atoms with Gasteiger partial charge in [-0.25, -0.2) is 0 Å². The zero-order valence-corrected chi connectivity index (χ0v) is 8.98. The van der Waals surface area contributed by atoms with E-state index in [0.29, 0.717) is 6.54 Å². The number of aliphatic hydroxyl groups excluding tert-OH is 1. The van der Waals surface area contributed by atoms with Crippen LogP contribution in [0.15, 0.2) is 12.4 Å². The van der Waals surface area contributed by atoms with Gasteiger partial charge in [-0.1, -0.05) is 0 Å². The molecule has 4 nitrogen and oxygen atoms in total. The molecule has 82 valence electrons. The van der Waals surface area contributed by atoms with Gasteiger partial charge in [0, 0.05) is 25.0 Å². The Labute approximate surface area is 89.8 Å². The third kappa shape index (κ3) is 2.73. The number of aryl methyl sites for hydroxylation is 1. The first-order chi connectivity index (χ1) is 7.25. The summed E-state index contributed by atoms with van der Waals surface area (Å²) in [7, 11) is 0. The Bertz CT molecular complexity index is 312. The first-order valence-electron chi connectivity index (χ1n) is 5.44. The number of hydrogen-bond donors (Lipinski definition) is 2. The summed E-state index contributed by atoms with van der Waals surface area (Å²) in [6.07, 6.45) is 6.44. The smallest absolute Gasteiger partial charge is 0.0724 e. The minimum absolute atomic E-state index is 0.191. The van der Waals surface area contributed by atoms with Crippen LogP contribution >= 0.6 is 0 Å². The molecule has 15 heavy (non-hydrogen) atoms. The van der Waals surface area contributed by atoms with E-state index in [1.54, 1.807) is 12.4 Å². The molecule has 1 aromatic rings. The molecule has 1 aliphatic carbocycles. The number of nitrogens with zero attached hydrogens (tertiary/aromatic N) is 2. The summed E-state index contributed by atoms with van der Waals surface area (Å²) in [4.78, 5) is 8.44. The second-order valence-electron chi connectivity index (χ2n) is 4.13. The molecule has 0 bridgehead atoms. The second kappa shape index (κ2) is 4.68. The highest BCUT2D eigenvalue weighted by molar-refractivity contribution is 5.00. The van der Waals surface area contributed by atoms with Crippen LogP contribution < -0.4 is 5.32 Å². The highest BCUT2D eigenvalue weighted by Crippen LogP contribution is 2.18. The Morgan fingerprint density at radius 1 is 1.40 bits per heavy atom. The van der Waals surface area contributed by atoms with Gasteiger partial charge >= 0.3 is 0 Å². The van der Waals surface area contributed by atoms with E-state index in [9.17, 15) is 5.11 Å². The molecule has 2 N–H and O–H groups in total. The second-order valence-corrected chi connectivity index (χ2v) is 4.13. The molecular weight excluding hydrogens is 190 g/mol. The maximum Gasteiger partial charge on any atom is 0.0724 e. The van der Waals surface area contributed by atoms with Crippen LogP contribution in [-0.2, 0) is 6.54 Å². The van der Waals surface area contributed by atoms with Gasteiger partial charge in [0.15, 0.2) is 0 Å². The highest BCUT2D eigenvalue weighted by Gasteiger charge is 2.24. The standard InChI is InChI=1S/C11H17N3O/c1-8-5-13-9(6-12-8)7-14-10-3-2-4-11(10)15/h5-6,10-11,14-15H,2-4,7H2,1H3/t10-,11-/m1/s1. The SMILES string of the molecule is Cc1cnc(CN[C@@H]2CCC[C@H]2O)cn1. The van der Waals surface area contributed by atoms with Crippen molar-refractivity contribution >= 4 is 0 Å². The molecule has 0 spiro atoms. The molecule has 0 unspecified atom stereocenters. The molecule has 4 heteroatoms. The Morgan fingerprint density at radius 2 is 2.27 bits per heavy atom. The van der Waals surface area contributed by atoms with E-state index < -0.39 is 0 Å². The average Bonchev–Trinajstić information content (AvgIpc) is 2.63. The lowest BCUT2D eigenvalue weighted by Gasteiger charge is -2.15. The summed E-state index contributed by atoms with van der Waals surface area (Å²) in [5.74, 6) is 0. The molecular formula is C11H17N3O. The van der Waals surface area contributed by atoms with Crippen molar-refractivity contribution in [2.24, 2.45) is 0 Å². The van der Waals surface area contributed by atoms with Crippen LogP contribution in [0.1, 0.15) is 30.7 Å². The first-order valence-corrected chi connectivity index (χ1v) is 5.44. The fraction of sp³-hybridized carbons (Fsp3) is 0.636. The zero-order chi connectivity index (χ0) is 10.7. The summed E-state index contributed by atoms with van der Waals surface area (Å²) in [6.45, 7) is 2.61. The molecule has 1 aliphatic rings. The van der Waals surface area contributed by atoms with Crippen LogP contribution in [0.2, 0.25) is 0 Å². The number of aromatic nitrogens is 2. The zero-order valence-electron chi connectivity index (χ0n) is 8.98. The molecule has 0 amide bonds. The summed E-state index contributed by atoms with van der Waals surface area (Å²) in [6, 6.07) is 0.230. The molecule has 0 saturated heterocycles. The van der Waals surface area contributed by atoms with E-state index >= 15 is 0 Å². The van der Waals surface area contributed by atoms with Crippen LogP contribution in [0.3, 0.4) is 0 Å². The largest absolute Gasteiger partial charge is 0.392 e. The van der Waals surface area contributed by atoms with E-state index in [1.807, 2.05) is 6.92 Å². The van der Waals surface area contributed by atoms with E-state index in [-0.39, 0.29) is 12.1 Å².